The van der Waals surface area contributed by atoms with Crippen molar-refractivity contribution in [3.8, 4) is 0 Å². The molecule has 1 aliphatic heterocycles. The van der Waals surface area contributed by atoms with E-state index in [2.05, 4.69) is 24.4 Å². The minimum absolute atomic E-state index is 0.0425. The number of carbonyl (C=O) groups excluding carboxylic acids is 2. The summed E-state index contributed by atoms with van der Waals surface area (Å²) < 4.78 is 5.26. The molecule has 0 aliphatic carbocycles. The van der Waals surface area contributed by atoms with Crippen LogP contribution in [0.4, 0.5) is 0 Å². The molecule has 0 saturated carbocycles. The van der Waals surface area contributed by atoms with Gasteiger partial charge in [0.2, 0.25) is 5.91 Å². The molecule has 180 valence electrons. The van der Waals surface area contributed by atoms with E-state index in [4.69, 9.17) is 4.74 Å². The Morgan fingerprint density at radius 1 is 0.806 bits per heavy atom. The first-order chi connectivity index (χ1) is 15.2. The number of esters is 1. The number of allylic oxidation sites excluding steroid dienone is 2. The van der Waals surface area contributed by atoms with Gasteiger partial charge in [-0.3, -0.25) is 4.79 Å². The summed E-state index contributed by atoms with van der Waals surface area (Å²) in [6, 6.07) is -0.407. The fourth-order valence-electron chi connectivity index (χ4n) is 4.25. The van der Waals surface area contributed by atoms with Gasteiger partial charge in [-0.05, 0) is 32.6 Å². The minimum Gasteiger partial charge on any atom is -0.464 e. The van der Waals surface area contributed by atoms with Gasteiger partial charge in [0.1, 0.15) is 6.04 Å². The molecule has 0 aromatic rings. The van der Waals surface area contributed by atoms with Crippen LogP contribution in [-0.2, 0) is 14.3 Å². The molecule has 1 atom stereocenters. The molecule has 1 N–H and O–H groups in total. The first kappa shape index (κ1) is 27.7. The molecule has 1 fully saturated rings. The Kier molecular flexibility index (Phi) is 18.4. The monoisotopic (exact) mass is 435 g/mol. The van der Waals surface area contributed by atoms with Crippen molar-refractivity contribution in [2.75, 3.05) is 6.61 Å². The second-order valence-corrected chi connectivity index (χ2v) is 9.19. The third-order valence-corrected chi connectivity index (χ3v) is 6.27. The van der Waals surface area contributed by atoms with Gasteiger partial charge in [0.15, 0.2) is 0 Å². The van der Waals surface area contributed by atoms with E-state index >= 15 is 0 Å². The molecule has 0 bridgehead atoms. The average molecular weight is 436 g/mol. The Balaban J connectivity index is 1.69. The maximum absolute atomic E-state index is 11.8. The molecular formula is C27H49NO3. The highest BCUT2D eigenvalue weighted by molar-refractivity contribution is 5.87. The zero-order valence-corrected chi connectivity index (χ0v) is 20.3. The number of rotatable bonds is 21. The molecule has 1 heterocycles. The normalized spacial score (nSPS) is 16.2. The van der Waals surface area contributed by atoms with Crippen molar-refractivity contribution >= 4 is 11.9 Å². The van der Waals surface area contributed by atoms with Crippen molar-refractivity contribution < 1.29 is 14.3 Å². The van der Waals surface area contributed by atoms with Crippen molar-refractivity contribution in [3.63, 3.8) is 0 Å². The lowest BCUT2D eigenvalue weighted by molar-refractivity contribution is -0.146. The Labute approximate surface area is 192 Å². The summed E-state index contributed by atoms with van der Waals surface area (Å²) in [6.45, 7) is 2.59. The van der Waals surface area contributed by atoms with E-state index in [1.54, 1.807) is 0 Å². The maximum atomic E-state index is 11.8. The Bertz CT molecular complexity index is 475. The first-order valence-electron chi connectivity index (χ1n) is 13.3. The van der Waals surface area contributed by atoms with E-state index in [0.29, 0.717) is 19.4 Å². The lowest BCUT2D eigenvalue weighted by Crippen LogP contribution is -2.34. The van der Waals surface area contributed by atoms with Gasteiger partial charge in [0.05, 0.1) is 6.61 Å². The Morgan fingerprint density at radius 2 is 1.26 bits per heavy atom. The number of amides is 1. The summed E-state index contributed by atoms with van der Waals surface area (Å²) in [5.41, 5.74) is 0. The molecule has 0 aromatic carbocycles. The fraction of sp³-hybridized carbons (Fsp3) is 0.852. The SMILES string of the molecule is C/C=C/CCCCCCCCCCCCCCCCCCCOC(=O)[C@@H]1CCC(=O)N1. The van der Waals surface area contributed by atoms with Crippen LogP contribution in [0.25, 0.3) is 0 Å². The predicted molar refractivity (Wildman–Crippen MR) is 130 cm³/mol. The van der Waals surface area contributed by atoms with Gasteiger partial charge in [0, 0.05) is 6.42 Å². The van der Waals surface area contributed by atoms with Crippen LogP contribution in [0.3, 0.4) is 0 Å². The average Bonchev–Trinajstić information content (AvgIpc) is 3.21. The molecule has 1 rings (SSSR count). The van der Waals surface area contributed by atoms with Crippen LogP contribution in [0.15, 0.2) is 12.2 Å². The lowest BCUT2D eigenvalue weighted by atomic mass is 10.0. The van der Waals surface area contributed by atoms with E-state index in [-0.39, 0.29) is 11.9 Å². The zero-order valence-electron chi connectivity index (χ0n) is 20.3. The van der Waals surface area contributed by atoms with Gasteiger partial charge in [-0.1, -0.05) is 108 Å². The summed E-state index contributed by atoms with van der Waals surface area (Å²) in [4.78, 5) is 22.9. The molecule has 1 saturated heterocycles. The van der Waals surface area contributed by atoms with Crippen LogP contribution >= 0.6 is 0 Å². The molecular weight excluding hydrogens is 386 g/mol. The number of nitrogens with one attached hydrogen (secondary N) is 1. The Hall–Kier alpha value is -1.32. The maximum Gasteiger partial charge on any atom is 0.328 e. The van der Waals surface area contributed by atoms with Crippen LogP contribution in [0, 0.1) is 0 Å². The molecule has 1 aliphatic rings. The molecule has 0 aromatic heterocycles. The highest BCUT2D eigenvalue weighted by atomic mass is 16.5. The highest BCUT2D eigenvalue weighted by Gasteiger charge is 2.28. The quantitative estimate of drug-likeness (QED) is 0.116. The Morgan fingerprint density at radius 3 is 1.68 bits per heavy atom. The summed E-state index contributed by atoms with van der Waals surface area (Å²) in [5.74, 6) is -0.305. The molecule has 1 amide bonds. The number of hydrogen-bond acceptors (Lipinski definition) is 3. The lowest BCUT2D eigenvalue weighted by Gasteiger charge is -2.09. The van der Waals surface area contributed by atoms with Crippen LogP contribution in [0.1, 0.15) is 135 Å². The summed E-state index contributed by atoms with van der Waals surface area (Å²) in [5, 5.41) is 2.65. The third-order valence-electron chi connectivity index (χ3n) is 6.27. The van der Waals surface area contributed by atoms with E-state index in [1.165, 1.54) is 103 Å². The number of hydrogen-bond donors (Lipinski definition) is 1. The standard InChI is InChI=1S/C27H49NO3/c1-2-3-4-5-6-7-8-9-10-11-12-13-14-15-16-17-18-19-20-21-24-31-27(30)25-22-23-26(29)28-25/h2-3,25H,4-24H2,1H3,(H,28,29)/b3-2+/t25-/m0/s1. The fourth-order valence-corrected chi connectivity index (χ4v) is 4.25. The van der Waals surface area contributed by atoms with E-state index in [1.807, 2.05) is 0 Å². The van der Waals surface area contributed by atoms with Crippen LogP contribution < -0.4 is 5.32 Å². The molecule has 31 heavy (non-hydrogen) atoms. The van der Waals surface area contributed by atoms with E-state index in [0.717, 1.165) is 12.8 Å². The zero-order chi connectivity index (χ0) is 22.4. The van der Waals surface area contributed by atoms with E-state index in [9.17, 15) is 9.59 Å². The summed E-state index contributed by atoms with van der Waals surface area (Å²) in [7, 11) is 0. The van der Waals surface area contributed by atoms with Gasteiger partial charge in [-0.2, -0.15) is 0 Å². The van der Waals surface area contributed by atoms with Crippen LogP contribution in [-0.4, -0.2) is 24.5 Å². The number of ether oxygens (including phenoxy) is 1. The van der Waals surface area contributed by atoms with Crippen molar-refractivity contribution in [1.29, 1.82) is 0 Å². The van der Waals surface area contributed by atoms with Crippen molar-refractivity contribution in [2.45, 2.75) is 141 Å². The predicted octanol–water partition coefficient (Wildman–Crippen LogP) is 7.41. The van der Waals surface area contributed by atoms with Crippen molar-refractivity contribution in [1.82, 2.24) is 5.32 Å². The highest BCUT2D eigenvalue weighted by Crippen LogP contribution is 2.14. The van der Waals surface area contributed by atoms with Crippen molar-refractivity contribution in [2.24, 2.45) is 0 Å². The third kappa shape index (κ3) is 17.0. The molecule has 0 radical (unpaired) electrons. The molecule has 0 spiro atoms. The summed E-state index contributed by atoms with van der Waals surface area (Å²) in [6.07, 6.45) is 29.5. The van der Waals surface area contributed by atoms with Gasteiger partial charge < -0.3 is 10.1 Å². The summed E-state index contributed by atoms with van der Waals surface area (Å²) >= 11 is 0. The largest absolute Gasteiger partial charge is 0.464 e. The van der Waals surface area contributed by atoms with Crippen LogP contribution in [0.2, 0.25) is 0 Å². The molecule has 0 unspecified atom stereocenters. The van der Waals surface area contributed by atoms with Crippen LogP contribution in [0.5, 0.6) is 0 Å². The first-order valence-corrected chi connectivity index (χ1v) is 13.3. The molecule has 4 heteroatoms. The van der Waals surface area contributed by atoms with Crippen molar-refractivity contribution in [3.05, 3.63) is 12.2 Å². The van der Waals surface area contributed by atoms with E-state index < -0.39 is 6.04 Å². The minimum atomic E-state index is -0.407. The second-order valence-electron chi connectivity index (χ2n) is 9.19. The number of carbonyl (C=O) groups is 2. The second kappa shape index (κ2) is 20.6. The number of unbranched alkanes of at least 4 members (excludes halogenated alkanes) is 17. The van der Waals surface area contributed by atoms with Gasteiger partial charge in [-0.15, -0.1) is 0 Å². The van der Waals surface area contributed by atoms with Gasteiger partial charge in [0.25, 0.3) is 0 Å². The smallest absolute Gasteiger partial charge is 0.328 e. The van der Waals surface area contributed by atoms with Gasteiger partial charge >= 0.3 is 5.97 Å². The topological polar surface area (TPSA) is 55.4 Å². The van der Waals surface area contributed by atoms with Gasteiger partial charge in [-0.25, -0.2) is 4.79 Å². The molecule has 4 nitrogen and oxygen atoms in total.